The van der Waals surface area contributed by atoms with Crippen LogP contribution in [-0.4, -0.2) is 57.2 Å². The van der Waals surface area contributed by atoms with Crippen LogP contribution >= 0.6 is 0 Å². The molecule has 1 amide bonds. The van der Waals surface area contributed by atoms with E-state index in [1.54, 1.807) is 11.0 Å². The molecule has 2 atom stereocenters. The van der Waals surface area contributed by atoms with Crippen LogP contribution in [0.3, 0.4) is 0 Å². The zero-order valence-corrected chi connectivity index (χ0v) is 14.6. The summed E-state index contributed by atoms with van der Waals surface area (Å²) in [6.07, 6.45) is 0.655. The molecule has 0 aliphatic carbocycles. The molecule has 0 saturated carbocycles. The van der Waals surface area contributed by atoms with E-state index in [0.717, 1.165) is 6.54 Å². The van der Waals surface area contributed by atoms with Gasteiger partial charge in [-0.3, -0.25) is 9.10 Å². The number of likely N-dealkylation sites (tertiary alicyclic amines) is 1. The van der Waals surface area contributed by atoms with E-state index in [4.69, 9.17) is 0 Å². The Labute approximate surface area is 137 Å². The van der Waals surface area contributed by atoms with Gasteiger partial charge in [-0.15, -0.1) is 0 Å². The molecule has 2 aliphatic heterocycles. The van der Waals surface area contributed by atoms with Gasteiger partial charge in [-0.1, -0.05) is 12.1 Å². The number of benzene rings is 1. The third kappa shape index (κ3) is 2.72. The van der Waals surface area contributed by atoms with Crippen LogP contribution in [0.5, 0.6) is 0 Å². The summed E-state index contributed by atoms with van der Waals surface area (Å²) in [5.74, 6) is -0.0670. The number of amides is 1. The molecule has 23 heavy (non-hydrogen) atoms. The van der Waals surface area contributed by atoms with Crippen LogP contribution in [0, 0.1) is 0 Å². The maximum Gasteiger partial charge on any atom is 0.239 e. The normalized spacial score (nSPS) is 25.5. The number of carbonyl (C=O) groups is 1. The largest absolute Gasteiger partial charge is 0.306 e. The molecule has 0 radical (unpaired) electrons. The zero-order chi connectivity index (χ0) is 16.8. The van der Waals surface area contributed by atoms with Crippen molar-refractivity contribution >= 4 is 27.3 Å². The minimum atomic E-state index is -3.44. The standard InChI is InChI=1S/C16H23N3O3S/c1-12-10-18(23(21,22)14-8-9-17(3)11-14)15-6-4-5-7-16(15)19(12)13(2)20/h4-7,12,14H,8-11H2,1-3H3/t12-,14?/m0/s1. The SMILES string of the molecule is CC(=O)N1c2ccccc2N(S(=O)(=O)C2CCN(C)C2)C[C@@H]1C. The van der Waals surface area contributed by atoms with Gasteiger partial charge in [0.15, 0.2) is 0 Å². The summed E-state index contributed by atoms with van der Waals surface area (Å²) in [6, 6.07) is 7.07. The average molecular weight is 337 g/mol. The molecule has 0 aromatic heterocycles. The van der Waals surface area contributed by atoms with Crippen molar-refractivity contribution in [3.63, 3.8) is 0 Å². The Morgan fingerprint density at radius 1 is 1.17 bits per heavy atom. The summed E-state index contributed by atoms with van der Waals surface area (Å²) < 4.78 is 27.7. The lowest BCUT2D eigenvalue weighted by Gasteiger charge is -2.41. The van der Waals surface area contributed by atoms with Crippen LogP contribution < -0.4 is 9.21 Å². The van der Waals surface area contributed by atoms with E-state index in [1.807, 2.05) is 37.1 Å². The van der Waals surface area contributed by atoms with E-state index in [9.17, 15) is 13.2 Å². The number of para-hydroxylation sites is 2. The van der Waals surface area contributed by atoms with Crippen molar-refractivity contribution in [1.29, 1.82) is 0 Å². The third-order valence-corrected chi connectivity index (χ3v) is 6.88. The number of sulfonamides is 1. The molecule has 0 bridgehead atoms. The predicted molar refractivity (Wildman–Crippen MR) is 91.2 cm³/mol. The van der Waals surface area contributed by atoms with Gasteiger partial charge in [0, 0.05) is 13.5 Å². The lowest BCUT2D eigenvalue weighted by molar-refractivity contribution is -0.117. The van der Waals surface area contributed by atoms with Crippen molar-refractivity contribution in [1.82, 2.24) is 4.90 Å². The van der Waals surface area contributed by atoms with Crippen LogP contribution in [0.2, 0.25) is 0 Å². The molecule has 1 saturated heterocycles. The number of fused-ring (bicyclic) bond motifs is 1. The fourth-order valence-electron chi connectivity index (χ4n) is 3.57. The molecular formula is C16H23N3O3S. The van der Waals surface area contributed by atoms with Crippen molar-refractivity contribution in [2.45, 2.75) is 31.6 Å². The highest BCUT2D eigenvalue weighted by molar-refractivity contribution is 7.93. The van der Waals surface area contributed by atoms with E-state index in [2.05, 4.69) is 0 Å². The number of hydrogen-bond acceptors (Lipinski definition) is 4. The molecule has 1 aromatic carbocycles. The van der Waals surface area contributed by atoms with E-state index in [0.29, 0.717) is 30.9 Å². The fraction of sp³-hybridized carbons (Fsp3) is 0.562. The number of rotatable bonds is 2. The van der Waals surface area contributed by atoms with Crippen molar-refractivity contribution in [3.05, 3.63) is 24.3 Å². The molecule has 1 aromatic rings. The van der Waals surface area contributed by atoms with E-state index in [1.165, 1.54) is 11.2 Å². The minimum Gasteiger partial charge on any atom is -0.306 e. The second-order valence-electron chi connectivity index (χ2n) is 6.48. The van der Waals surface area contributed by atoms with Gasteiger partial charge < -0.3 is 9.80 Å². The number of hydrogen-bond donors (Lipinski definition) is 0. The first kappa shape index (κ1) is 16.3. The highest BCUT2D eigenvalue weighted by atomic mass is 32.2. The van der Waals surface area contributed by atoms with Gasteiger partial charge >= 0.3 is 0 Å². The molecule has 0 spiro atoms. The quantitative estimate of drug-likeness (QED) is 0.816. The third-order valence-electron chi connectivity index (χ3n) is 4.70. The molecule has 1 unspecified atom stereocenters. The molecular weight excluding hydrogens is 314 g/mol. The van der Waals surface area contributed by atoms with Crippen LogP contribution in [0.4, 0.5) is 11.4 Å². The first-order valence-electron chi connectivity index (χ1n) is 7.91. The maximum absolute atomic E-state index is 13.1. The molecule has 2 heterocycles. The Morgan fingerprint density at radius 3 is 2.39 bits per heavy atom. The number of anilines is 2. The van der Waals surface area contributed by atoms with Crippen LogP contribution in [0.1, 0.15) is 20.3 Å². The summed E-state index contributed by atoms with van der Waals surface area (Å²) in [5, 5.41) is -0.378. The number of carbonyl (C=O) groups excluding carboxylic acids is 1. The van der Waals surface area contributed by atoms with Crippen molar-refractivity contribution < 1.29 is 13.2 Å². The highest BCUT2D eigenvalue weighted by Gasteiger charge is 2.41. The zero-order valence-electron chi connectivity index (χ0n) is 13.8. The smallest absolute Gasteiger partial charge is 0.239 e. The molecule has 2 aliphatic rings. The Balaban J connectivity index is 2.04. The van der Waals surface area contributed by atoms with Crippen LogP contribution in [0.25, 0.3) is 0 Å². The average Bonchev–Trinajstić information content (AvgIpc) is 2.93. The van der Waals surface area contributed by atoms with Crippen molar-refractivity contribution in [2.24, 2.45) is 0 Å². The predicted octanol–water partition coefficient (Wildman–Crippen LogP) is 1.28. The number of nitrogens with zero attached hydrogens (tertiary/aromatic N) is 3. The summed E-state index contributed by atoms with van der Waals surface area (Å²) >= 11 is 0. The van der Waals surface area contributed by atoms with Gasteiger partial charge in [0.2, 0.25) is 15.9 Å². The van der Waals surface area contributed by atoms with Gasteiger partial charge in [-0.25, -0.2) is 8.42 Å². The second-order valence-corrected chi connectivity index (χ2v) is 8.61. The van der Waals surface area contributed by atoms with Crippen LogP contribution in [0.15, 0.2) is 24.3 Å². The topological polar surface area (TPSA) is 60.9 Å². The molecule has 3 rings (SSSR count). The van der Waals surface area contributed by atoms with E-state index in [-0.39, 0.29) is 17.2 Å². The summed E-state index contributed by atoms with van der Waals surface area (Å²) in [6.45, 7) is 5.07. The maximum atomic E-state index is 13.1. The Kier molecular flexibility index (Phi) is 4.10. The van der Waals surface area contributed by atoms with E-state index < -0.39 is 10.0 Å². The summed E-state index contributed by atoms with van der Waals surface area (Å²) in [4.78, 5) is 15.7. The Morgan fingerprint density at radius 2 is 1.83 bits per heavy atom. The monoisotopic (exact) mass is 337 g/mol. The lowest BCUT2D eigenvalue weighted by Crippen LogP contribution is -2.53. The molecule has 0 N–H and O–H groups in total. The fourth-order valence-corrected chi connectivity index (χ4v) is 5.63. The summed E-state index contributed by atoms with van der Waals surface area (Å²) in [7, 11) is -1.49. The highest BCUT2D eigenvalue weighted by Crippen LogP contribution is 2.38. The molecule has 6 nitrogen and oxygen atoms in total. The Hall–Kier alpha value is -1.60. The summed E-state index contributed by atoms with van der Waals surface area (Å²) in [5.41, 5.74) is 1.28. The van der Waals surface area contributed by atoms with Gasteiger partial charge in [0.25, 0.3) is 0 Å². The van der Waals surface area contributed by atoms with Gasteiger partial charge in [0.05, 0.1) is 29.2 Å². The van der Waals surface area contributed by atoms with Gasteiger partial charge in [-0.2, -0.15) is 0 Å². The Bertz CT molecular complexity index is 719. The molecule has 1 fully saturated rings. The molecule has 126 valence electrons. The lowest BCUT2D eigenvalue weighted by atomic mass is 10.1. The second kappa shape index (κ2) is 5.79. The van der Waals surface area contributed by atoms with Gasteiger partial charge in [-0.05, 0) is 39.1 Å². The van der Waals surface area contributed by atoms with E-state index >= 15 is 0 Å². The van der Waals surface area contributed by atoms with Crippen LogP contribution in [-0.2, 0) is 14.8 Å². The minimum absolute atomic E-state index is 0.0670. The molecule has 7 heteroatoms. The van der Waals surface area contributed by atoms with Crippen molar-refractivity contribution in [2.75, 3.05) is 35.9 Å². The van der Waals surface area contributed by atoms with Gasteiger partial charge in [0.1, 0.15) is 0 Å². The van der Waals surface area contributed by atoms with Crippen molar-refractivity contribution in [3.8, 4) is 0 Å². The first-order valence-corrected chi connectivity index (χ1v) is 9.41. The first-order chi connectivity index (χ1) is 10.8.